The first-order chi connectivity index (χ1) is 13.6. The van der Waals surface area contributed by atoms with E-state index in [9.17, 15) is 4.79 Å². The molecule has 0 aromatic carbocycles. The van der Waals surface area contributed by atoms with Gasteiger partial charge in [-0.2, -0.15) is 0 Å². The van der Waals surface area contributed by atoms with Crippen molar-refractivity contribution in [3.63, 3.8) is 0 Å². The van der Waals surface area contributed by atoms with Gasteiger partial charge in [-0.25, -0.2) is 4.99 Å². The van der Waals surface area contributed by atoms with E-state index in [0.29, 0.717) is 18.4 Å². The van der Waals surface area contributed by atoms with Crippen molar-refractivity contribution in [2.24, 2.45) is 10.9 Å². The maximum absolute atomic E-state index is 12.0. The van der Waals surface area contributed by atoms with Crippen LogP contribution in [0.15, 0.2) is 27.8 Å². The predicted molar refractivity (Wildman–Crippen MR) is 108 cm³/mol. The first-order valence-electron chi connectivity index (χ1n) is 10.2. The van der Waals surface area contributed by atoms with Crippen molar-refractivity contribution in [2.75, 3.05) is 60.0 Å². The predicted octanol–water partition coefficient (Wildman–Crippen LogP) is 1.08. The molecule has 2 atom stereocenters. The lowest BCUT2D eigenvalue weighted by molar-refractivity contribution is -0.127. The summed E-state index contributed by atoms with van der Waals surface area (Å²) in [6.45, 7) is 5.34. The van der Waals surface area contributed by atoms with E-state index in [1.165, 1.54) is 12.8 Å². The molecule has 8 nitrogen and oxygen atoms in total. The van der Waals surface area contributed by atoms with Crippen molar-refractivity contribution < 1.29 is 13.9 Å². The highest BCUT2D eigenvalue weighted by Crippen LogP contribution is 2.24. The van der Waals surface area contributed by atoms with Crippen molar-refractivity contribution in [3.8, 4) is 0 Å². The summed E-state index contributed by atoms with van der Waals surface area (Å²) in [6, 6.07) is 4.12. The first kappa shape index (κ1) is 20.7. The van der Waals surface area contributed by atoms with Gasteiger partial charge in [-0.3, -0.25) is 9.69 Å². The van der Waals surface area contributed by atoms with Gasteiger partial charge in [-0.1, -0.05) is 0 Å². The smallest absolute Gasteiger partial charge is 0.243 e. The molecule has 1 aromatic heterocycles. The number of likely N-dealkylation sites (N-methyl/N-ethyl adjacent to an activating group) is 1. The number of carbonyl (C=O) groups excluding carboxylic acids is 1. The maximum Gasteiger partial charge on any atom is 0.243 e. The Balaban J connectivity index is 1.62. The monoisotopic (exact) mass is 391 g/mol. The summed E-state index contributed by atoms with van der Waals surface area (Å²) >= 11 is 0. The zero-order valence-corrected chi connectivity index (χ0v) is 17.0. The summed E-state index contributed by atoms with van der Waals surface area (Å²) in [5.74, 6) is 2.09. The number of carbonyl (C=O) groups is 1. The first-order valence-corrected chi connectivity index (χ1v) is 10.2. The second kappa shape index (κ2) is 10.5. The number of ether oxygens (including phenoxy) is 1. The number of rotatable bonds is 8. The number of hydrogen-bond donors (Lipinski definition) is 2. The van der Waals surface area contributed by atoms with E-state index in [1.54, 1.807) is 25.3 Å². The molecule has 8 heteroatoms. The van der Waals surface area contributed by atoms with Crippen molar-refractivity contribution >= 4 is 11.9 Å². The summed E-state index contributed by atoms with van der Waals surface area (Å²) < 4.78 is 11.1. The zero-order chi connectivity index (χ0) is 19.8. The van der Waals surface area contributed by atoms with Gasteiger partial charge in [0.1, 0.15) is 12.3 Å². The minimum absolute atomic E-state index is 0.0209. The Labute approximate surface area is 167 Å². The van der Waals surface area contributed by atoms with Crippen molar-refractivity contribution in [3.05, 3.63) is 24.2 Å². The molecule has 1 aromatic rings. The highest BCUT2D eigenvalue weighted by molar-refractivity contribution is 5.84. The van der Waals surface area contributed by atoms with Gasteiger partial charge >= 0.3 is 0 Å². The minimum Gasteiger partial charge on any atom is -0.468 e. The number of guanidine groups is 1. The van der Waals surface area contributed by atoms with Crippen LogP contribution in [0.25, 0.3) is 0 Å². The molecule has 2 N–H and O–H groups in total. The molecule has 0 aliphatic carbocycles. The summed E-state index contributed by atoms with van der Waals surface area (Å²) in [4.78, 5) is 20.5. The molecular weight excluding hydrogens is 358 g/mol. The van der Waals surface area contributed by atoms with E-state index in [-0.39, 0.29) is 18.5 Å². The molecule has 2 aliphatic heterocycles. The fraction of sp³-hybridized carbons (Fsp3) is 0.700. The number of aliphatic imine (C=N–C) groups is 1. The Hall–Kier alpha value is -2.06. The van der Waals surface area contributed by atoms with Crippen molar-refractivity contribution in [1.82, 2.24) is 20.4 Å². The zero-order valence-electron chi connectivity index (χ0n) is 17.0. The molecule has 3 rings (SSSR count). The number of furan rings is 1. The molecule has 2 aliphatic rings. The minimum atomic E-state index is -0.0209. The van der Waals surface area contributed by atoms with E-state index in [4.69, 9.17) is 9.15 Å². The largest absolute Gasteiger partial charge is 0.468 e. The Kier molecular flexibility index (Phi) is 7.73. The number of likely N-dealkylation sites (tertiary alicyclic amines) is 1. The molecule has 28 heavy (non-hydrogen) atoms. The number of amides is 1. The molecule has 2 unspecified atom stereocenters. The highest BCUT2D eigenvalue weighted by Gasteiger charge is 2.26. The molecule has 2 saturated heterocycles. The van der Waals surface area contributed by atoms with Crippen molar-refractivity contribution in [1.29, 1.82) is 0 Å². The Morgan fingerprint density at radius 3 is 2.82 bits per heavy atom. The molecule has 0 spiro atoms. The molecular formula is C20H33N5O3. The SMILES string of the molecule is CN(C)C(=O)CN=C(NCC1CCOC1)NCC(c1ccco1)N1CCCC1. The van der Waals surface area contributed by atoms with Crippen LogP contribution in [0.2, 0.25) is 0 Å². The third kappa shape index (κ3) is 5.97. The standard InChI is InChI=1S/C20H33N5O3/c1-24(2)19(26)14-23-20(21-12-16-7-11-27-15-16)22-13-17(18-6-5-10-28-18)25-8-3-4-9-25/h5-6,10,16-17H,3-4,7-9,11-15H2,1-2H3,(H2,21,22,23). The van der Waals surface area contributed by atoms with Crippen LogP contribution >= 0.6 is 0 Å². The van der Waals surface area contributed by atoms with Gasteiger partial charge in [0.25, 0.3) is 0 Å². The van der Waals surface area contributed by atoms with E-state index >= 15 is 0 Å². The Bertz CT molecular complexity index is 620. The number of hydrogen-bond acceptors (Lipinski definition) is 5. The van der Waals surface area contributed by atoms with Gasteiger partial charge in [0.15, 0.2) is 5.96 Å². The Morgan fingerprint density at radius 2 is 2.18 bits per heavy atom. The second-order valence-electron chi connectivity index (χ2n) is 7.72. The third-order valence-corrected chi connectivity index (χ3v) is 5.37. The van der Waals surface area contributed by atoms with E-state index in [1.807, 2.05) is 12.1 Å². The van der Waals surface area contributed by atoms with E-state index < -0.39 is 0 Å². The van der Waals surface area contributed by atoms with Gasteiger partial charge in [-0.15, -0.1) is 0 Å². The lowest BCUT2D eigenvalue weighted by atomic mass is 10.1. The quantitative estimate of drug-likeness (QED) is 0.510. The topological polar surface area (TPSA) is 82.3 Å². The highest BCUT2D eigenvalue weighted by atomic mass is 16.5. The van der Waals surface area contributed by atoms with Gasteiger partial charge < -0.3 is 24.7 Å². The van der Waals surface area contributed by atoms with Crippen molar-refractivity contribution in [2.45, 2.75) is 25.3 Å². The number of nitrogens with zero attached hydrogens (tertiary/aromatic N) is 3. The molecule has 1 amide bonds. The lowest BCUT2D eigenvalue weighted by Crippen LogP contribution is -2.44. The lowest BCUT2D eigenvalue weighted by Gasteiger charge is -2.27. The summed E-state index contributed by atoms with van der Waals surface area (Å²) in [5, 5.41) is 6.82. The summed E-state index contributed by atoms with van der Waals surface area (Å²) in [6.07, 6.45) is 5.21. The fourth-order valence-electron chi connectivity index (χ4n) is 3.58. The van der Waals surface area contributed by atoms with Gasteiger partial charge in [0.2, 0.25) is 5.91 Å². The third-order valence-electron chi connectivity index (χ3n) is 5.37. The Morgan fingerprint density at radius 1 is 1.36 bits per heavy atom. The van der Waals surface area contributed by atoms with Crippen LogP contribution in [-0.2, 0) is 9.53 Å². The average molecular weight is 392 g/mol. The molecule has 3 heterocycles. The molecule has 0 radical (unpaired) electrons. The van der Waals surface area contributed by atoms with Crippen LogP contribution in [0.4, 0.5) is 0 Å². The summed E-state index contributed by atoms with van der Waals surface area (Å²) in [5.41, 5.74) is 0. The fourth-order valence-corrected chi connectivity index (χ4v) is 3.58. The maximum atomic E-state index is 12.0. The molecule has 0 bridgehead atoms. The van der Waals surface area contributed by atoms with Crippen LogP contribution in [0.5, 0.6) is 0 Å². The number of nitrogens with one attached hydrogen (secondary N) is 2. The van der Waals surface area contributed by atoms with Crippen LogP contribution in [0.1, 0.15) is 31.1 Å². The molecule has 156 valence electrons. The van der Waals surface area contributed by atoms with E-state index in [0.717, 1.165) is 45.0 Å². The van der Waals surface area contributed by atoms with Gasteiger partial charge in [-0.05, 0) is 44.5 Å². The average Bonchev–Trinajstić information content (AvgIpc) is 3.46. The van der Waals surface area contributed by atoms with E-state index in [2.05, 4.69) is 20.5 Å². The summed E-state index contributed by atoms with van der Waals surface area (Å²) in [7, 11) is 3.49. The second-order valence-corrected chi connectivity index (χ2v) is 7.72. The normalized spacial score (nSPS) is 21.6. The molecule has 0 saturated carbocycles. The van der Waals surface area contributed by atoms with Crippen LogP contribution in [0, 0.1) is 5.92 Å². The molecule has 2 fully saturated rings. The van der Waals surface area contributed by atoms with Gasteiger partial charge in [0.05, 0.1) is 18.9 Å². The van der Waals surface area contributed by atoms with Gasteiger partial charge in [0, 0.05) is 39.7 Å². The van der Waals surface area contributed by atoms with Crippen LogP contribution < -0.4 is 10.6 Å². The van der Waals surface area contributed by atoms with Crippen LogP contribution in [-0.4, -0.2) is 81.7 Å². The van der Waals surface area contributed by atoms with Crippen LogP contribution in [0.3, 0.4) is 0 Å².